The minimum absolute atomic E-state index is 0.136. The van der Waals surface area contributed by atoms with E-state index in [0.29, 0.717) is 42.3 Å². The van der Waals surface area contributed by atoms with Crippen molar-refractivity contribution in [3.63, 3.8) is 0 Å². The molecule has 1 atom stereocenters. The number of nitrogens with zero attached hydrogens (tertiary/aromatic N) is 3. The van der Waals surface area contributed by atoms with Crippen molar-refractivity contribution in [2.24, 2.45) is 0 Å². The Hall–Kier alpha value is -2.19. The zero-order valence-corrected chi connectivity index (χ0v) is 17.6. The van der Waals surface area contributed by atoms with Gasteiger partial charge in [0.05, 0.1) is 11.1 Å². The first-order valence-electron chi connectivity index (χ1n) is 9.56. The molecule has 2 aromatic rings. The first-order chi connectivity index (χ1) is 13.3. The van der Waals surface area contributed by atoms with Gasteiger partial charge in [0.1, 0.15) is 6.04 Å². The van der Waals surface area contributed by atoms with Crippen molar-refractivity contribution in [3.8, 4) is 11.3 Å². The molecule has 7 nitrogen and oxygen atoms in total. The molecule has 0 aliphatic carbocycles. The van der Waals surface area contributed by atoms with Gasteiger partial charge in [-0.3, -0.25) is 4.79 Å². The lowest BCUT2D eigenvalue weighted by Crippen LogP contribution is -2.57. The van der Waals surface area contributed by atoms with Gasteiger partial charge in [-0.2, -0.15) is 4.31 Å². The molecule has 0 saturated carbocycles. The molecule has 1 aliphatic heterocycles. The third-order valence-corrected chi connectivity index (χ3v) is 7.23. The number of amides is 1. The largest absolute Gasteiger partial charge is 0.441 e. The number of oxazole rings is 1. The van der Waals surface area contributed by atoms with E-state index in [4.69, 9.17) is 4.42 Å². The molecular weight excluding hydrogens is 378 g/mol. The number of rotatable bonds is 6. The Kier molecular flexibility index (Phi) is 5.90. The van der Waals surface area contributed by atoms with Gasteiger partial charge in [0, 0.05) is 32.6 Å². The van der Waals surface area contributed by atoms with E-state index >= 15 is 0 Å². The summed E-state index contributed by atoms with van der Waals surface area (Å²) >= 11 is 0. The summed E-state index contributed by atoms with van der Waals surface area (Å²) in [5.41, 5.74) is 1.29. The molecular formula is C20H27N3O4S. The van der Waals surface area contributed by atoms with Crippen molar-refractivity contribution in [3.05, 3.63) is 35.9 Å². The van der Waals surface area contributed by atoms with Crippen LogP contribution < -0.4 is 0 Å². The number of unbranched alkanes of at least 4 members (excludes halogenated alkanes) is 1. The zero-order valence-electron chi connectivity index (χ0n) is 16.8. The molecule has 1 aliphatic rings. The number of sulfonamides is 1. The predicted octanol–water partition coefficient (Wildman–Crippen LogP) is 2.98. The Bertz CT molecular complexity index is 968. The molecule has 8 heteroatoms. The highest BCUT2D eigenvalue weighted by atomic mass is 32.2. The molecule has 0 radical (unpaired) electrons. The maximum absolute atomic E-state index is 13.5. The van der Waals surface area contributed by atoms with Gasteiger partial charge in [0.25, 0.3) is 0 Å². The second-order valence-electron chi connectivity index (χ2n) is 7.26. The summed E-state index contributed by atoms with van der Waals surface area (Å²) in [6, 6.07) is 4.54. The van der Waals surface area contributed by atoms with E-state index in [2.05, 4.69) is 4.98 Å². The lowest BCUT2D eigenvalue weighted by Gasteiger charge is -2.38. The smallest absolute Gasteiger partial charge is 0.244 e. The number of piperazine rings is 1. The van der Waals surface area contributed by atoms with Crippen LogP contribution in [0.25, 0.3) is 11.3 Å². The highest BCUT2D eigenvalue weighted by molar-refractivity contribution is 7.89. The van der Waals surface area contributed by atoms with Crippen LogP contribution in [0.1, 0.15) is 37.6 Å². The molecule has 0 spiro atoms. The Morgan fingerprint density at radius 2 is 2.00 bits per heavy atom. The lowest BCUT2D eigenvalue weighted by molar-refractivity contribution is -0.137. The second-order valence-corrected chi connectivity index (χ2v) is 9.12. The number of likely N-dealkylation sites (N-methyl/N-ethyl adjacent to an activating group) is 1. The normalized spacial score (nSPS) is 18.6. The van der Waals surface area contributed by atoms with Gasteiger partial charge in [0.15, 0.2) is 11.7 Å². The first-order valence-corrected chi connectivity index (χ1v) is 11.0. The van der Waals surface area contributed by atoms with E-state index in [1.165, 1.54) is 4.31 Å². The van der Waals surface area contributed by atoms with E-state index < -0.39 is 16.1 Å². The number of carbonyl (C=O) groups is 1. The molecule has 1 fully saturated rings. The van der Waals surface area contributed by atoms with Crippen LogP contribution in [0.3, 0.4) is 0 Å². The number of hydrogen-bond donors (Lipinski definition) is 0. The SMILES string of the molecule is CCCCC1C(=O)N(C)CCN1S(=O)(=O)c1cc(-c2cnc(C)o2)ccc1C. The Morgan fingerprint density at radius 3 is 2.64 bits per heavy atom. The number of benzene rings is 1. The summed E-state index contributed by atoms with van der Waals surface area (Å²) in [4.78, 5) is 18.6. The Labute approximate surface area is 166 Å². The average molecular weight is 406 g/mol. The third kappa shape index (κ3) is 3.84. The highest BCUT2D eigenvalue weighted by Crippen LogP contribution is 2.30. The minimum atomic E-state index is -3.83. The molecule has 1 unspecified atom stereocenters. The fourth-order valence-electron chi connectivity index (χ4n) is 3.50. The average Bonchev–Trinajstić information content (AvgIpc) is 3.09. The molecule has 1 aromatic carbocycles. The maximum Gasteiger partial charge on any atom is 0.244 e. The quantitative estimate of drug-likeness (QED) is 0.738. The van der Waals surface area contributed by atoms with E-state index in [1.807, 2.05) is 13.0 Å². The zero-order chi connectivity index (χ0) is 20.5. The summed E-state index contributed by atoms with van der Waals surface area (Å²) in [7, 11) is -2.10. The van der Waals surface area contributed by atoms with Crippen molar-refractivity contribution < 1.29 is 17.6 Å². The first kappa shape index (κ1) is 20.5. The van der Waals surface area contributed by atoms with Crippen LogP contribution in [-0.2, 0) is 14.8 Å². The fourth-order valence-corrected chi connectivity index (χ4v) is 5.35. The summed E-state index contributed by atoms with van der Waals surface area (Å²) in [5, 5.41) is 0. The van der Waals surface area contributed by atoms with E-state index in [0.717, 1.165) is 12.8 Å². The van der Waals surface area contributed by atoms with Gasteiger partial charge in [-0.25, -0.2) is 13.4 Å². The Morgan fingerprint density at radius 1 is 1.25 bits per heavy atom. The van der Waals surface area contributed by atoms with Crippen LogP contribution in [0.5, 0.6) is 0 Å². The highest BCUT2D eigenvalue weighted by Gasteiger charge is 2.40. The van der Waals surface area contributed by atoms with Crippen LogP contribution in [0.15, 0.2) is 33.7 Å². The van der Waals surface area contributed by atoms with Crippen LogP contribution >= 0.6 is 0 Å². The predicted molar refractivity (Wildman–Crippen MR) is 106 cm³/mol. The van der Waals surface area contributed by atoms with Gasteiger partial charge in [-0.1, -0.05) is 31.9 Å². The van der Waals surface area contributed by atoms with Gasteiger partial charge >= 0.3 is 0 Å². The van der Waals surface area contributed by atoms with Gasteiger partial charge < -0.3 is 9.32 Å². The van der Waals surface area contributed by atoms with Crippen LogP contribution in [-0.4, -0.2) is 54.7 Å². The monoisotopic (exact) mass is 405 g/mol. The Balaban J connectivity index is 2.02. The number of carbonyl (C=O) groups excluding carboxylic acids is 1. The van der Waals surface area contributed by atoms with E-state index in [1.54, 1.807) is 44.1 Å². The molecule has 0 N–H and O–H groups in total. The molecule has 2 heterocycles. The number of hydrogen-bond acceptors (Lipinski definition) is 5. The molecule has 3 rings (SSSR count). The molecule has 1 aromatic heterocycles. The summed E-state index contributed by atoms with van der Waals surface area (Å²) in [6.07, 6.45) is 3.81. The topological polar surface area (TPSA) is 83.7 Å². The van der Waals surface area contributed by atoms with Gasteiger partial charge in [-0.15, -0.1) is 0 Å². The van der Waals surface area contributed by atoms with Crippen molar-refractivity contribution in [1.29, 1.82) is 0 Å². The standard InChI is InChI=1S/C20H27N3O4S/c1-5-6-7-17-20(24)22(4)10-11-23(17)28(25,26)19-12-16(9-8-14(19)2)18-13-21-15(3)27-18/h8-9,12-13,17H,5-7,10-11H2,1-4H3. The second kappa shape index (κ2) is 8.05. The van der Waals surface area contributed by atoms with Crippen LogP contribution in [0, 0.1) is 13.8 Å². The lowest BCUT2D eigenvalue weighted by atomic mass is 10.1. The number of aryl methyl sites for hydroxylation is 2. The maximum atomic E-state index is 13.5. The minimum Gasteiger partial charge on any atom is -0.441 e. The van der Waals surface area contributed by atoms with Crippen molar-refractivity contribution in [1.82, 2.24) is 14.2 Å². The fraction of sp³-hybridized carbons (Fsp3) is 0.500. The van der Waals surface area contributed by atoms with Crippen molar-refractivity contribution in [2.45, 2.75) is 51.0 Å². The van der Waals surface area contributed by atoms with E-state index in [9.17, 15) is 13.2 Å². The van der Waals surface area contributed by atoms with Crippen LogP contribution in [0.4, 0.5) is 0 Å². The van der Waals surface area contributed by atoms with Crippen LogP contribution in [0.2, 0.25) is 0 Å². The third-order valence-electron chi connectivity index (χ3n) is 5.18. The van der Waals surface area contributed by atoms with Gasteiger partial charge in [-0.05, 0) is 25.0 Å². The summed E-state index contributed by atoms with van der Waals surface area (Å²) in [6.45, 7) is 6.22. The summed E-state index contributed by atoms with van der Waals surface area (Å²) < 4.78 is 34.0. The molecule has 28 heavy (non-hydrogen) atoms. The summed E-state index contributed by atoms with van der Waals surface area (Å²) in [5.74, 6) is 0.901. The van der Waals surface area contributed by atoms with Crippen molar-refractivity contribution in [2.75, 3.05) is 20.1 Å². The van der Waals surface area contributed by atoms with Gasteiger partial charge in [0.2, 0.25) is 15.9 Å². The molecule has 152 valence electrons. The van der Waals surface area contributed by atoms with Crippen molar-refractivity contribution >= 4 is 15.9 Å². The number of aromatic nitrogens is 1. The van der Waals surface area contributed by atoms with E-state index in [-0.39, 0.29) is 10.8 Å². The molecule has 1 amide bonds. The molecule has 0 bridgehead atoms. The molecule has 1 saturated heterocycles.